The molecule has 74 heavy (non-hydrogen) atoms. The van der Waals surface area contributed by atoms with Gasteiger partial charge < -0.3 is 20.3 Å². The molecule has 6 heteroatoms. The van der Waals surface area contributed by atoms with Crippen LogP contribution in [0.5, 0.6) is 0 Å². The highest BCUT2D eigenvalue weighted by atomic mass is 16.5. The Morgan fingerprint density at radius 3 is 0.824 bits per heavy atom. The van der Waals surface area contributed by atoms with Crippen molar-refractivity contribution in [1.82, 2.24) is 5.32 Å². The Hall–Kier alpha value is -1.14. The van der Waals surface area contributed by atoms with Gasteiger partial charge in [-0.2, -0.15) is 0 Å². The maximum atomic E-state index is 12.5. The van der Waals surface area contributed by atoms with Crippen molar-refractivity contribution in [2.75, 3.05) is 13.2 Å². The van der Waals surface area contributed by atoms with Crippen molar-refractivity contribution in [2.45, 2.75) is 411 Å². The standard InChI is InChI=1S/C68H135NO5/c1-3-5-7-9-11-13-15-17-33-38-42-46-50-54-58-62-68(73)74-63-59-55-51-47-43-39-35-32-30-28-26-24-22-20-18-19-21-23-25-27-29-31-34-37-41-45-49-53-57-61-67(72)69-65(64-70)66(71)60-56-52-48-44-40-36-16-14-12-10-8-6-4-2/h65-66,70-71H,3-64H2,1-2H3,(H,69,72). The predicted molar refractivity (Wildman–Crippen MR) is 324 cm³/mol. The summed E-state index contributed by atoms with van der Waals surface area (Å²) in [7, 11) is 0. The van der Waals surface area contributed by atoms with Crippen molar-refractivity contribution >= 4 is 11.9 Å². The summed E-state index contributed by atoms with van der Waals surface area (Å²) in [6.07, 6.45) is 77.2. The quantitative estimate of drug-likeness (QED) is 0.0417. The number of carbonyl (C=O) groups excluding carboxylic acids is 2. The number of hydrogen-bond donors (Lipinski definition) is 3. The molecule has 0 aliphatic heterocycles. The van der Waals surface area contributed by atoms with E-state index in [-0.39, 0.29) is 18.5 Å². The first-order chi connectivity index (χ1) is 36.5. The van der Waals surface area contributed by atoms with Gasteiger partial charge >= 0.3 is 5.97 Å². The summed E-state index contributed by atoms with van der Waals surface area (Å²) in [5.41, 5.74) is 0. The molecule has 0 aromatic rings. The fourth-order valence-electron chi connectivity index (χ4n) is 11.2. The summed E-state index contributed by atoms with van der Waals surface area (Å²) in [5.74, 6) is -0.00524. The van der Waals surface area contributed by atoms with Gasteiger partial charge in [0.2, 0.25) is 5.91 Å². The molecule has 2 unspecified atom stereocenters. The highest BCUT2D eigenvalue weighted by molar-refractivity contribution is 5.76. The summed E-state index contributed by atoms with van der Waals surface area (Å²) in [6.45, 7) is 4.99. The fraction of sp³-hybridized carbons (Fsp3) is 0.971. The third-order valence-corrected chi connectivity index (χ3v) is 16.4. The van der Waals surface area contributed by atoms with Crippen LogP contribution in [0.2, 0.25) is 0 Å². The first-order valence-electron chi connectivity index (χ1n) is 34.3. The molecular weight excluding hydrogens is 911 g/mol. The minimum Gasteiger partial charge on any atom is -0.466 e. The lowest BCUT2D eigenvalue weighted by molar-refractivity contribution is -0.143. The van der Waals surface area contributed by atoms with Crippen LogP contribution in [0.3, 0.4) is 0 Å². The van der Waals surface area contributed by atoms with Crippen LogP contribution in [0.1, 0.15) is 399 Å². The van der Waals surface area contributed by atoms with Gasteiger partial charge in [-0.3, -0.25) is 9.59 Å². The normalized spacial score (nSPS) is 12.4. The van der Waals surface area contributed by atoms with E-state index < -0.39 is 12.1 Å². The zero-order valence-electron chi connectivity index (χ0n) is 50.6. The molecule has 0 aromatic heterocycles. The van der Waals surface area contributed by atoms with E-state index in [1.54, 1.807) is 0 Å². The van der Waals surface area contributed by atoms with Gasteiger partial charge in [0.05, 0.1) is 25.4 Å². The molecule has 0 saturated heterocycles. The molecule has 0 fully saturated rings. The van der Waals surface area contributed by atoms with Crippen molar-refractivity contribution in [3.8, 4) is 0 Å². The first kappa shape index (κ1) is 72.9. The van der Waals surface area contributed by atoms with Crippen molar-refractivity contribution < 1.29 is 24.5 Å². The van der Waals surface area contributed by atoms with Crippen LogP contribution in [0.4, 0.5) is 0 Å². The minimum absolute atomic E-state index is 0.0235. The van der Waals surface area contributed by atoms with Gasteiger partial charge in [0, 0.05) is 12.8 Å². The zero-order chi connectivity index (χ0) is 53.6. The van der Waals surface area contributed by atoms with Crippen LogP contribution in [0.15, 0.2) is 0 Å². The first-order valence-corrected chi connectivity index (χ1v) is 34.3. The van der Waals surface area contributed by atoms with Crippen LogP contribution in [-0.2, 0) is 14.3 Å². The van der Waals surface area contributed by atoms with E-state index in [1.807, 2.05) is 0 Å². The molecule has 0 radical (unpaired) electrons. The molecule has 3 N–H and O–H groups in total. The van der Waals surface area contributed by atoms with Crippen molar-refractivity contribution in [1.29, 1.82) is 0 Å². The summed E-state index contributed by atoms with van der Waals surface area (Å²) >= 11 is 0. The van der Waals surface area contributed by atoms with Crippen LogP contribution < -0.4 is 5.32 Å². The van der Waals surface area contributed by atoms with Crippen LogP contribution in [-0.4, -0.2) is 47.4 Å². The Morgan fingerprint density at radius 2 is 0.554 bits per heavy atom. The van der Waals surface area contributed by atoms with E-state index in [0.29, 0.717) is 25.9 Å². The number of esters is 1. The number of amides is 1. The maximum Gasteiger partial charge on any atom is 0.305 e. The van der Waals surface area contributed by atoms with Crippen molar-refractivity contribution in [3.05, 3.63) is 0 Å². The largest absolute Gasteiger partial charge is 0.466 e. The number of nitrogens with one attached hydrogen (secondary N) is 1. The maximum absolute atomic E-state index is 12.5. The molecule has 0 aromatic carbocycles. The van der Waals surface area contributed by atoms with E-state index >= 15 is 0 Å². The number of rotatable bonds is 65. The molecule has 0 bridgehead atoms. The number of carbonyl (C=O) groups is 2. The van der Waals surface area contributed by atoms with E-state index in [2.05, 4.69) is 19.2 Å². The lowest BCUT2D eigenvalue weighted by atomic mass is 10.0. The van der Waals surface area contributed by atoms with Gasteiger partial charge in [0.15, 0.2) is 0 Å². The Bertz CT molecular complexity index is 1070. The molecule has 1 amide bonds. The monoisotopic (exact) mass is 1050 g/mol. The van der Waals surface area contributed by atoms with Crippen LogP contribution in [0, 0.1) is 0 Å². The molecular formula is C68H135NO5. The van der Waals surface area contributed by atoms with Crippen LogP contribution in [0.25, 0.3) is 0 Å². The van der Waals surface area contributed by atoms with Gasteiger partial charge in [-0.1, -0.05) is 361 Å². The predicted octanol–water partition coefficient (Wildman–Crippen LogP) is 21.8. The Kier molecular flexibility index (Phi) is 63.4. The highest BCUT2D eigenvalue weighted by Crippen LogP contribution is 2.19. The molecule has 0 aliphatic rings. The van der Waals surface area contributed by atoms with E-state index in [4.69, 9.17) is 4.74 Å². The molecule has 2 atom stereocenters. The molecule has 6 nitrogen and oxygen atoms in total. The second kappa shape index (κ2) is 64.4. The smallest absolute Gasteiger partial charge is 0.305 e. The fourth-order valence-corrected chi connectivity index (χ4v) is 11.2. The Labute approximate surface area is 464 Å². The Balaban J connectivity index is 3.30. The van der Waals surface area contributed by atoms with E-state index in [1.165, 1.54) is 327 Å². The molecule has 0 saturated carbocycles. The summed E-state index contributed by atoms with van der Waals surface area (Å²) in [6, 6.07) is -0.537. The molecule has 0 rings (SSSR count). The summed E-state index contributed by atoms with van der Waals surface area (Å²) < 4.78 is 5.50. The van der Waals surface area contributed by atoms with Gasteiger partial charge in [0.25, 0.3) is 0 Å². The second-order valence-electron chi connectivity index (χ2n) is 23.9. The summed E-state index contributed by atoms with van der Waals surface area (Å²) in [5, 5.41) is 23.3. The number of aliphatic hydroxyl groups excluding tert-OH is 2. The molecule has 442 valence electrons. The van der Waals surface area contributed by atoms with Gasteiger partial charge in [0.1, 0.15) is 0 Å². The zero-order valence-corrected chi connectivity index (χ0v) is 50.6. The van der Waals surface area contributed by atoms with Gasteiger partial charge in [-0.25, -0.2) is 0 Å². The second-order valence-corrected chi connectivity index (χ2v) is 23.9. The average Bonchev–Trinajstić information content (AvgIpc) is 3.40. The summed E-state index contributed by atoms with van der Waals surface area (Å²) in [4.78, 5) is 24.6. The van der Waals surface area contributed by atoms with E-state index in [0.717, 1.165) is 38.5 Å². The van der Waals surface area contributed by atoms with Crippen molar-refractivity contribution in [2.24, 2.45) is 0 Å². The minimum atomic E-state index is -0.660. The number of hydrogen-bond acceptors (Lipinski definition) is 5. The van der Waals surface area contributed by atoms with Gasteiger partial charge in [-0.15, -0.1) is 0 Å². The Morgan fingerprint density at radius 1 is 0.324 bits per heavy atom. The number of ether oxygens (including phenoxy) is 1. The highest BCUT2D eigenvalue weighted by Gasteiger charge is 2.20. The molecule has 0 heterocycles. The van der Waals surface area contributed by atoms with Crippen molar-refractivity contribution in [3.63, 3.8) is 0 Å². The van der Waals surface area contributed by atoms with Crippen LogP contribution >= 0.6 is 0 Å². The van der Waals surface area contributed by atoms with Gasteiger partial charge in [-0.05, 0) is 25.7 Å². The average molecular weight is 1050 g/mol. The molecule has 0 aliphatic carbocycles. The third-order valence-electron chi connectivity index (χ3n) is 16.4. The number of aliphatic hydroxyl groups is 2. The van der Waals surface area contributed by atoms with E-state index in [9.17, 15) is 19.8 Å². The third kappa shape index (κ3) is 60.1. The molecule has 0 spiro atoms. The lowest BCUT2D eigenvalue weighted by Gasteiger charge is -2.22. The SMILES string of the molecule is CCCCCCCCCCCCCCCCCC(=O)OCCCCCCCCCCCCCCCCCCCCCCCCCCCCCCCC(=O)NC(CO)C(O)CCCCCCCCCCCCCCC. The lowest BCUT2D eigenvalue weighted by Crippen LogP contribution is -2.45. The topological polar surface area (TPSA) is 95.9 Å². The number of unbranched alkanes of at least 4 members (excludes halogenated alkanes) is 54.